The van der Waals surface area contributed by atoms with Crippen molar-refractivity contribution in [1.29, 1.82) is 0 Å². The normalized spacial score (nSPS) is 24.6. The highest BCUT2D eigenvalue weighted by Crippen LogP contribution is 2.07. The van der Waals surface area contributed by atoms with Crippen molar-refractivity contribution in [2.75, 3.05) is 46.5 Å². The van der Waals surface area contributed by atoms with Crippen LogP contribution in [0, 0.1) is 0 Å². The molecule has 1 aliphatic heterocycles. The maximum Gasteiger partial charge on any atom is 0.0674 e. The average Bonchev–Trinajstić information content (AvgIpc) is 2.28. The summed E-state index contributed by atoms with van der Waals surface area (Å²) in [6, 6.07) is 0.592. The van der Waals surface area contributed by atoms with E-state index in [1.165, 1.54) is 0 Å². The number of hydrogen-bond donors (Lipinski definition) is 1. The van der Waals surface area contributed by atoms with Gasteiger partial charge < -0.3 is 14.8 Å². The highest BCUT2D eigenvalue weighted by Gasteiger charge is 2.20. The van der Waals surface area contributed by atoms with E-state index in [9.17, 15) is 0 Å². The molecular weight excluding hydrogens is 204 g/mol. The molecular formula is C12H26N2O2. The molecule has 1 rings (SSSR count). The summed E-state index contributed by atoms with van der Waals surface area (Å²) in [6.07, 6.45) is 1.47. The minimum atomic E-state index is 0.379. The van der Waals surface area contributed by atoms with Crippen LogP contribution in [0.2, 0.25) is 0 Å². The van der Waals surface area contributed by atoms with Gasteiger partial charge in [-0.15, -0.1) is 0 Å². The summed E-state index contributed by atoms with van der Waals surface area (Å²) in [5.41, 5.74) is 0. The number of nitrogens with zero attached hydrogens (tertiary/aromatic N) is 1. The molecule has 0 spiro atoms. The van der Waals surface area contributed by atoms with Gasteiger partial charge >= 0.3 is 0 Å². The Labute approximate surface area is 99.3 Å². The molecule has 2 unspecified atom stereocenters. The van der Waals surface area contributed by atoms with Gasteiger partial charge in [-0.05, 0) is 26.8 Å². The molecule has 0 bridgehead atoms. The van der Waals surface area contributed by atoms with Crippen LogP contribution in [0.1, 0.15) is 20.3 Å². The van der Waals surface area contributed by atoms with E-state index in [-0.39, 0.29) is 0 Å². The first kappa shape index (κ1) is 13.9. The van der Waals surface area contributed by atoms with Crippen molar-refractivity contribution in [3.05, 3.63) is 0 Å². The summed E-state index contributed by atoms with van der Waals surface area (Å²) >= 11 is 0. The van der Waals surface area contributed by atoms with E-state index >= 15 is 0 Å². The lowest BCUT2D eigenvalue weighted by molar-refractivity contribution is -0.0311. The Morgan fingerprint density at radius 1 is 1.56 bits per heavy atom. The minimum Gasteiger partial charge on any atom is -0.385 e. The maximum atomic E-state index is 5.54. The van der Waals surface area contributed by atoms with Gasteiger partial charge in [-0.25, -0.2) is 0 Å². The van der Waals surface area contributed by atoms with Gasteiger partial charge in [-0.2, -0.15) is 0 Å². The number of morpholine rings is 1. The lowest BCUT2D eigenvalue weighted by atomic mass is 10.2. The van der Waals surface area contributed by atoms with Crippen molar-refractivity contribution < 1.29 is 9.47 Å². The first-order valence-corrected chi connectivity index (χ1v) is 6.29. The quantitative estimate of drug-likeness (QED) is 0.654. The van der Waals surface area contributed by atoms with Gasteiger partial charge in [-0.3, -0.25) is 4.90 Å². The van der Waals surface area contributed by atoms with Crippen LogP contribution in [0.3, 0.4) is 0 Å². The molecule has 0 aromatic rings. The van der Waals surface area contributed by atoms with Gasteiger partial charge in [0.25, 0.3) is 0 Å². The first-order chi connectivity index (χ1) is 7.74. The van der Waals surface area contributed by atoms with E-state index < -0.39 is 0 Å². The van der Waals surface area contributed by atoms with Crippen LogP contribution in [0.25, 0.3) is 0 Å². The molecule has 0 aromatic carbocycles. The number of rotatable bonds is 7. The third kappa shape index (κ3) is 5.25. The van der Waals surface area contributed by atoms with Gasteiger partial charge in [0.15, 0.2) is 0 Å². The zero-order valence-corrected chi connectivity index (χ0v) is 10.9. The van der Waals surface area contributed by atoms with E-state index in [0.717, 1.165) is 45.8 Å². The van der Waals surface area contributed by atoms with Crippen LogP contribution in [0.15, 0.2) is 0 Å². The second-order valence-corrected chi connectivity index (χ2v) is 4.58. The van der Waals surface area contributed by atoms with Crippen molar-refractivity contribution in [2.24, 2.45) is 0 Å². The number of methoxy groups -OCH3 is 1. The third-order valence-electron chi connectivity index (χ3n) is 3.04. The van der Waals surface area contributed by atoms with Crippen LogP contribution in [0.4, 0.5) is 0 Å². The second-order valence-electron chi connectivity index (χ2n) is 4.58. The zero-order chi connectivity index (χ0) is 11.8. The van der Waals surface area contributed by atoms with Gasteiger partial charge in [-0.1, -0.05) is 0 Å². The minimum absolute atomic E-state index is 0.379. The topological polar surface area (TPSA) is 33.7 Å². The Balaban J connectivity index is 2.06. The monoisotopic (exact) mass is 230 g/mol. The summed E-state index contributed by atoms with van der Waals surface area (Å²) in [5, 5.41) is 3.47. The maximum absolute atomic E-state index is 5.54. The molecule has 1 heterocycles. The zero-order valence-electron chi connectivity index (χ0n) is 10.9. The van der Waals surface area contributed by atoms with Gasteiger partial charge in [0, 0.05) is 39.4 Å². The van der Waals surface area contributed by atoms with Gasteiger partial charge in [0.05, 0.1) is 12.7 Å². The van der Waals surface area contributed by atoms with Gasteiger partial charge in [0.1, 0.15) is 0 Å². The van der Waals surface area contributed by atoms with Crippen molar-refractivity contribution in [2.45, 2.75) is 32.4 Å². The highest BCUT2D eigenvalue weighted by atomic mass is 16.5. The summed E-state index contributed by atoms with van der Waals surface area (Å²) < 4.78 is 10.5. The van der Waals surface area contributed by atoms with E-state index in [4.69, 9.17) is 9.47 Å². The van der Waals surface area contributed by atoms with Crippen LogP contribution < -0.4 is 5.32 Å². The third-order valence-corrected chi connectivity index (χ3v) is 3.04. The molecule has 96 valence electrons. The molecule has 0 amide bonds. The number of nitrogens with one attached hydrogen (secondary N) is 1. The predicted octanol–water partition coefficient (Wildman–Crippen LogP) is 0.722. The first-order valence-electron chi connectivity index (χ1n) is 6.29. The Morgan fingerprint density at radius 3 is 3.06 bits per heavy atom. The molecule has 4 nitrogen and oxygen atoms in total. The van der Waals surface area contributed by atoms with Crippen LogP contribution in [-0.4, -0.2) is 63.5 Å². The second kappa shape index (κ2) is 8.01. The summed E-state index contributed by atoms with van der Waals surface area (Å²) in [5.74, 6) is 0. The molecule has 1 saturated heterocycles. The van der Waals surface area contributed by atoms with Crippen molar-refractivity contribution >= 4 is 0 Å². The fourth-order valence-electron chi connectivity index (χ4n) is 2.03. The summed E-state index contributed by atoms with van der Waals surface area (Å²) in [7, 11) is 1.75. The molecule has 0 aromatic heterocycles. The fourth-order valence-corrected chi connectivity index (χ4v) is 2.03. The molecule has 0 aliphatic carbocycles. The average molecular weight is 230 g/mol. The van der Waals surface area contributed by atoms with E-state index in [1.807, 2.05) is 0 Å². The Hall–Kier alpha value is -0.160. The van der Waals surface area contributed by atoms with E-state index in [2.05, 4.69) is 24.1 Å². The van der Waals surface area contributed by atoms with Crippen LogP contribution in [0.5, 0.6) is 0 Å². The van der Waals surface area contributed by atoms with Crippen LogP contribution >= 0.6 is 0 Å². The molecule has 0 saturated carbocycles. The molecule has 16 heavy (non-hydrogen) atoms. The standard InChI is InChI=1S/C12H26N2O2/c1-11(9-13-5-4-7-15-3)14-6-8-16-12(2)10-14/h11-13H,4-10H2,1-3H3. The number of ether oxygens (including phenoxy) is 2. The lowest BCUT2D eigenvalue weighted by Gasteiger charge is -2.35. The van der Waals surface area contributed by atoms with Crippen molar-refractivity contribution in [3.8, 4) is 0 Å². The Kier molecular flexibility index (Phi) is 6.96. The lowest BCUT2D eigenvalue weighted by Crippen LogP contribution is -2.49. The van der Waals surface area contributed by atoms with E-state index in [0.29, 0.717) is 12.1 Å². The predicted molar refractivity (Wildman–Crippen MR) is 65.8 cm³/mol. The van der Waals surface area contributed by atoms with Gasteiger partial charge in [0.2, 0.25) is 0 Å². The molecule has 1 N–H and O–H groups in total. The largest absolute Gasteiger partial charge is 0.385 e. The molecule has 4 heteroatoms. The Morgan fingerprint density at radius 2 is 2.38 bits per heavy atom. The Bertz CT molecular complexity index is 178. The van der Waals surface area contributed by atoms with Crippen molar-refractivity contribution in [1.82, 2.24) is 10.2 Å². The molecule has 1 fully saturated rings. The summed E-state index contributed by atoms with van der Waals surface area (Å²) in [6.45, 7) is 10.3. The summed E-state index contributed by atoms with van der Waals surface area (Å²) in [4.78, 5) is 2.50. The van der Waals surface area contributed by atoms with Crippen molar-refractivity contribution in [3.63, 3.8) is 0 Å². The number of hydrogen-bond acceptors (Lipinski definition) is 4. The molecule has 2 atom stereocenters. The smallest absolute Gasteiger partial charge is 0.0674 e. The van der Waals surface area contributed by atoms with E-state index in [1.54, 1.807) is 7.11 Å². The van der Waals surface area contributed by atoms with Crippen LogP contribution in [-0.2, 0) is 9.47 Å². The SMILES string of the molecule is COCCCNCC(C)N1CCOC(C)C1. The molecule has 1 aliphatic rings. The highest BCUT2D eigenvalue weighted by molar-refractivity contribution is 4.75. The molecule has 0 radical (unpaired) electrons. The fraction of sp³-hybridized carbons (Fsp3) is 1.00.